The Morgan fingerprint density at radius 1 is 1.50 bits per heavy atom. The van der Waals surface area contributed by atoms with Crippen molar-refractivity contribution in [2.24, 2.45) is 7.05 Å². The highest BCUT2D eigenvalue weighted by Gasteiger charge is 2.06. The molecule has 1 aromatic carbocycles. The molecule has 0 amide bonds. The number of aryl methyl sites for hydroxylation is 1. The fourth-order valence-corrected chi connectivity index (χ4v) is 2.58. The number of rotatable bonds is 3. The number of halogens is 1. The largest absolute Gasteiger partial charge is 0.392 e. The number of benzene rings is 1. The highest BCUT2D eigenvalue weighted by Crippen LogP contribution is 2.32. The fraction of sp³-hybridized carbons (Fsp3) is 0.182. The first-order valence-electron chi connectivity index (χ1n) is 4.75. The number of aliphatic hydroxyl groups is 1. The molecule has 5 heteroatoms. The average Bonchev–Trinajstić information content (AvgIpc) is 2.64. The van der Waals surface area contributed by atoms with Crippen molar-refractivity contribution in [1.82, 2.24) is 9.78 Å². The Kier molecular flexibility index (Phi) is 3.53. The summed E-state index contributed by atoms with van der Waals surface area (Å²) in [5.41, 5.74) is 0.873. The van der Waals surface area contributed by atoms with Crippen molar-refractivity contribution in [3.8, 4) is 0 Å². The van der Waals surface area contributed by atoms with Crippen molar-refractivity contribution in [1.29, 1.82) is 0 Å². The standard InChI is InChI=1S/C11H11ClN2OS/c1-14-6-10(5-13-14)16-11-4-9(12)3-2-8(11)7-15/h2-6,15H,7H2,1H3. The van der Waals surface area contributed by atoms with Gasteiger partial charge in [0.15, 0.2) is 0 Å². The molecule has 84 valence electrons. The van der Waals surface area contributed by atoms with Gasteiger partial charge in [-0.2, -0.15) is 5.10 Å². The Bertz CT molecular complexity index is 498. The SMILES string of the molecule is Cn1cc(Sc2cc(Cl)ccc2CO)cn1. The van der Waals surface area contributed by atoms with Crippen molar-refractivity contribution in [2.75, 3.05) is 0 Å². The van der Waals surface area contributed by atoms with Crippen LogP contribution in [0.15, 0.2) is 40.4 Å². The van der Waals surface area contributed by atoms with Gasteiger partial charge in [-0.1, -0.05) is 29.4 Å². The average molecular weight is 255 g/mol. The van der Waals surface area contributed by atoms with Crippen molar-refractivity contribution >= 4 is 23.4 Å². The van der Waals surface area contributed by atoms with Gasteiger partial charge in [0.1, 0.15) is 0 Å². The Balaban J connectivity index is 2.29. The highest BCUT2D eigenvalue weighted by atomic mass is 35.5. The van der Waals surface area contributed by atoms with E-state index < -0.39 is 0 Å². The first-order valence-corrected chi connectivity index (χ1v) is 5.94. The molecule has 3 nitrogen and oxygen atoms in total. The summed E-state index contributed by atoms with van der Waals surface area (Å²) in [7, 11) is 1.87. The van der Waals surface area contributed by atoms with E-state index in [4.69, 9.17) is 11.6 Å². The smallest absolute Gasteiger partial charge is 0.0692 e. The van der Waals surface area contributed by atoms with Crippen molar-refractivity contribution in [3.05, 3.63) is 41.2 Å². The molecule has 0 bridgehead atoms. The van der Waals surface area contributed by atoms with Gasteiger partial charge in [0, 0.05) is 23.2 Å². The predicted molar refractivity (Wildman–Crippen MR) is 64.7 cm³/mol. The molecule has 1 N–H and O–H groups in total. The maximum absolute atomic E-state index is 9.22. The maximum Gasteiger partial charge on any atom is 0.0692 e. The minimum Gasteiger partial charge on any atom is -0.392 e. The predicted octanol–water partition coefficient (Wildman–Crippen LogP) is 2.72. The molecule has 0 saturated heterocycles. The second-order valence-electron chi connectivity index (χ2n) is 3.36. The van der Waals surface area contributed by atoms with Crippen LogP contribution in [0.25, 0.3) is 0 Å². The van der Waals surface area contributed by atoms with Crippen molar-refractivity contribution < 1.29 is 5.11 Å². The Hall–Kier alpha value is -0.970. The monoisotopic (exact) mass is 254 g/mol. The Morgan fingerprint density at radius 3 is 2.94 bits per heavy atom. The molecule has 0 spiro atoms. The van der Waals surface area contributed by atoms with E-state index in [9.17, 15) is 5.11 Å². The summed E-state index contributed by atoms with van der Waals surface area (Å²) in [5, 5.41) is 14.0. The third-order valence-corrected chi connectivity index (χ3v) is 3.39. The number of aromatic nitrogens is 2. The van der Waals surface area contributed by atoms with Gasteiger partial charge < -0.3 is 5.11 Å². The lowest BCUT2D eigenvalue weighted by molar-refractivity contribution is 0.279. The summed E-state index contributed by atoms with van der Waals surface area (Å²) in [6, 6.07) is 5.46. The van der Waals surface area contributed by atoms with Crippen LogP contribution < -0.4 is 0 Å². The zero-order valence-corrected chi connectivity index (χ0v) is 10.3. The molecule has 16 heavy (non-hydrogen) atoms. The molecule has 0 aliphatic heterocycles. The molecule has 0 fully saturated rings. The summed E-state index contributed by atoms with van der Waals surface area (Å²) in [4.78, 5) is 1.99. The molecular weight excluding hydrogens is 244 g/mol. The van der Waals surface area contributed by atoms with Crippen molar-refractivity contribution in [3.63, 3.8) is 0 Å². The third-order valence-electron chi connectivity index (χ3n) is 2.11. The van der Waals surface area contributed by atoms with Crippen LogP contribution in [-0.4, -0.2) is 14.9 Å². The van der Waals surface area contributed by atoms with Gasteiger partial charge in [0.05, 0.1) is 17.7 Å². The maximum atomic E-state index is 9.22. The first kappa shape index (κ1) is 11.5. The third kappa shape index (κ3) is 2.58. The number of hydrogen-bond donors (Lipinski definition) is 1. The molecule has 0 aliphatic carbocycles. The fourth-order valence-electron chi connectivity index (χ4n) is 1.33. The highest BCUT2D eigenvalue weighted by molar-refractivity contribution is 7.99. The van der Waals surface area contributed by atoms with Crippen LogP contribution in [0.1, 0.15) is 5.56 Å². The van der Waals surface area contributed by atoms with Crippen LogP contribution in [-0.2, 0) is 13.7 Å². The second-order valence-corrected chi connectivity index (χ2v) is 4.91. The van der Waals surface area contributed by atoms with Gasteiger partial charge in [0.2, 0.25) is 0 Å². The Labute approximate surface area is 103 Å². The molecule has 2 rings (SSSR count). The van der Waals surface area contributed by atoms with Gasteiger partial charge in [-0.25, -0.2) is 0 Å². The van der Waals surface area contributed by atoms with E-state index >= 15 is 0 Å². The minimum absolute atomic E-state index is 0.0137. The van der Waals surface area contributed by atoms with Crippen LogP contribution in [0.4, 0.5) is 0 Å². The van der Waals surface area contributed by atoms with Gasteiger partial charge in [-0.3, -0.25) is 4.68 Å². The van der Waals surface area contributed by atoms with E-state index in [0.717, 1.165) is 15.4 Å². The summed E-state index contributed by atoms with van der Waals surface area (Å²) < 4.78 is 1.74. The number of aliphatic hydroxyl groups excluding tert-OH is 1. The van der Waals surface area contributed by atoms with Crippen LogP contribution in [0.3, 0.4) is 0 Å². The van der Waals surface area contributed by atoms with Crippen LogP contribution in [0.5, 0.6) is 0 Å². The summed E-state index contributed by atoms with van der Waals surface area (Å²) >= 11 is 7.48. The summed E-state index contributed by atoms with van der Waals surface area (Å²) in [6.45, 7) is 0.0137. The molecule has 0 saturated carbocycles. The van der Waals surface area contributed by atoms with E-state index in [-0.39, 0.29) is 6.61 Å². The summed E-state index contributed by atoms with van der Waals surface area (Å²) in [5.74, 6) is 0. The van der Waals surface area contributed by atoms with E-state index in [2.05, 4.69) is 5.10 Å². The van der Waals surface area contributed by atoms with Gasteiger partial charge >= 0.3 is 0 Å². The van der Waals surface area contributed by atoms with Crippen LogP contribution in [0, 0.1) is 0 Å². The molecule has 0 atom stereocenters. The zero-order chi connectivity index (χ0) is 11.5. The van der Waals surface area contributed by atoms with E-state index in [1.807, 2.05) is 25.4 Å². The molecule has 0 aliphatic rings. The molecule has 2 aromatic rings. The van der Waals surface area contributed by atoms with Gasteiger partial charge in [-0.15, -0.1) is 0 Å². The summed E-state index contributed by atoms with van der Waals surface area (Å²) in [6.07, 6.45) is 3.71. The number of hydrogen-bond acceptors (Lipinski definition) is 3. The van der Waals surface area contributed by atoms with Gasteiger partial charge in [0.25, 0.3) is 0 Å². The van der Waals surface area contributed by atoms with Crippen LogP contribution in [0.2, 0.25) is 5.02 Å². The Morgan fingerprint density at radius 2 is 2.31 bits per heavy atom. The van der Waals surface area contributed by atoms with E-state index in [1.165, 1.54) is 0 Å². The molecular formula is C11H11ClN2OS. The topological polar surface area (TPSA) is 38.0 Å². The quantitative estimate of drug-likeness (QED) is 0.915. The normalized spacial score (nSPS) is 10.7. The van der Waals surface area contributed by atoms with Crippen molar-refractivity contribution in [2.45, 2.75) is 16.4 Å². The molecule has 1 heterocycles. The zero-order valence-electron chi connectivity index (χ0n) is 8.72. The lowest BCUT2D eigenvalue weighted by Gasteiger charge is -2.05. The van der Waals surface area contributed by atoms with E-state index in [1.54, 1.807) is 28.7 Å². The van der Waals surface area contributed by atoms with Crippen LogP contribution >= 0.6 is 23.4 Å². The first-order chi connectivity index (χ1) is 7.69. The van der Waals surface area contributed by atoms with Gasteiger partial charge in [-0.05, 0) is 17.7 Å². The molecule has 0 radical (unpaired) electrons. The molecule has 1 aromatic heterocycles. The lowest BCUT2D eigenvalue weighted by Crippen LogP contribution is -1.87. The molecule has 0 unspecified atom stereocenters. The second kappa shape index (κ2) is 4.91. The lowest BCUT2D eigenvalue weighted by atomic mass is 10.2. The van der Waals surface area contributed by atoms with E-state index in [0.29, 0.717) is 5.02 Å². The number of nitrogens with zero attached hydrogens (tertiary/aromatic N) is 2. The minimum atomic E-state index is 0.0137.